The Kier molecular flexibility index (Phi) is 8.08. The van der Waals surface area contributed by atoms with Crippen LogP contribution in [0.15, 0.2) is 24.3 Å². The van der Waals surface area contributed by atoms with Crippen LogP contribution < -0.4 is 0 Å². The van der Waals surface area contributed by atoms with Crippen LogP contribution >= 0.6 is 12.4 Å². The van der Waals surface area contributed by atoms with E-state index in [1.807, 2.05) is 19.0 Å². The molecule has 0 radical (unpaired) electrons. The highest BCUT2D eigenvalue weighted by molar-refractivity contribution is 5.85. The molecule has 0 heterocycles. The van der Waals surface area contributed by atoms with Crippen LogP contribution in [0.1, 0.15) is 11.7 Å². The number of hydrogen-bond acceptors (Lipinski definition) is 3. The molecule has 98 valence electrons. The SMILES string of the molecule is CN(C)CCOCC(O)c1cccc(F)c1.Cl. The zero-order valence-electron chi connectivity index (χ0n) is 10.1. The Morgan fingerprint density at radius 3 is 2.71 bits per heavy atom. The van der Waals surface area contributed by atoms with Crippen LogP contribution in [-0.2, 0) is 4.74 Å². The van der Waals surface area contributed by atoms with Crippen molar-refractivity contribution in [1.29, 1.82) is 0 Å². The minimum absolute atomic E-state index is 0. The molecule has 1 atom stereocenters. The summed E-state index contributed by atoms with van der Waals surface area (Å²) in [4.78, 5) is 1.99. The largest absolute Gasteiger partial charge is 0.386 e. The van der Waals surface area contributed by atoms with Gasteiger partial charge in [0.1, 0.15) is 11.9 Å². The average molecular weight is 264 g/mol. The summed E-state index contributed by atoms with van der Waals surface area (Å²) >= 11 is 0. The van der Waals surface area contributed by atoms with Crippen LogP contribution in [0.4, 0.5) is 4.39 Å². The number of halogens is 2. The summed E-state index contributed by atoms with van der Waals surface area (Å²) < 4.78 is 18.1. The standard InChI is InChI=1S/C12H18FNO2.ClH/c1-14(2)6-7-16-9-12(15)10-4-3-5-11(13)8-10;/h3-5,8,12,15H,6-7,9H2,1-2H3;1H. The molecule has 0 fully saturated rings. The van der Waals surface area contributed by atoms with Gasteiger partial charge >= 0.3 is 0 Å². The van der Waals surface area contributed by atoms with Gasteiger partial charge in [0, 0.05) is 6.54 Å². The number of ether oxygens (including phenoxy) is 1. The molecule has 0 saturated heterocycles. The highest BCUT2D eigenvalue weighted by Gasteiger charge is 2.08. The maximum atomic E-state index is 12.9. The van der Waals surface area contributed by atoms with Crippen LogP contribution in [-0.4, -0.2) is 43.9 Å². The molecule has 0 aliphatic rings. The number of rotatable bonds is 6. The monoisotopic (exact) mass is 263 g/mol. The van der Waals surface area contributed by atoms with Crippen molar-refractivity contribution in [3.05, 3.63) is 35.6 Å². The minimum atomic E-state index is -0.766. The van der Waals surface area contributed by atoms with Gasteiger partial charge in [0.2, 0.25) is 0 Å². The van der Waals surface area contributed by atoms with Gasteiger partial charge in [-0.1, -0.05) is 12.1 Å². The smallest absolute Gasteiger partial charge is 0.123 e. The fourth-order valence-electron chi connectivity index (χ4n) is 1.25. The fraction of sp³-hybridized carbons (Fsp3) is 0.500. The number of benzene rings is 1. The zero-order valence-corrected chi connectivity index (χ0v) is 10.9. The molecule has 17 heavy (non-hydrogen) atoms. The summed E-state index contributed by atoms with van der Waals surface area (Å²) in [5, 5.41) is 9.70. The van der Waals surface area contributed by atoms with E-state index in [-0.39, 0.29) is 24.8 Å². The van der Waals surface area contributed by atoms with E-state index >= 15 is 0 Å². The van der Waals surface area contributed by atoms with Crippen LogP contribution in [0.2, 0.25) is 0 Å². The van der Waals surface area contributed by atoms with Gasteiger partial charge < -0.3 is 14.7 Å². The second kappa shape index (κ2) is 8.42. The summed E-state index contributed by atoms with van der Waals surface area (Å²) in [7, 11) is 3.90. The topological polar surface area (TPSA) is 32.7 Å². The molecule has 0 aliphatic heterocycles. The normalized spacial score (nSPS) is 12.3. The molecule has 0 saturated carbocycles. The maximum Gasteiger partial charge on any atom is 0.123 e. The van der Waals surface area contributed by atoms with Gasteiger partial charge in [0.15, 0.2) is 0 Å². The lowest BCUT2D eigenvalue weighted by atomic mass is 10.1. The number of hydrogen-bond donors (Lipinski definition) is 1. The van der Waals surface area contributed by atoms with Crippen LogP contribution in [0.25, 0.3) is 0 Å². The van der Waals surface area contributed by atoms with Crippen molar-refractivity contribution in [2.45, 2.75) is 6.10 Å². The highest BCUT2D eigenvalue weighted by atomic mass is 35.5. The fourth-order valence-corrected chi connectivity index (χ4v) is 1.25. The molecule has 0 amide bonds. The van der Waals surface area contributed by atoms with Crippen molar-refractivity contribution >= 4 is 12.4 Å². The lowest BCUT2D eigenvalue weighted by Gasteiger charge is -2.13. The van der Waals surface area contributed by atoms with Gasteiger partial charge in [0.05, 0.1) is 13.2 Å². The Morgan fingerprint density at radius 1 is 1.41 bits per heavy atom. The molecule has 1 aromatic carbocycles. The molecule has 0 bridgehead atoms. The molecule has 1 N–H and O–H groups in total. The first kappa shape index (κ1) is 16.3. The number of aliphatic hydroxyl groups excluding tert-OH is 1. The lowest BCUT2D eigenvalue weighted by Crippen LogP contribution is -2.19. The van der Waals surface area contributed by atoms with Crippen molar-refractivity contribution in [2.75, 3.05) is 33.9 Å². The van der Waals surface area contributed by atoms with Crippen molar-refractivity contribution in [2.24, 2.45) is 0 Å². The van der Waals surface area contributed by atoms with Gasteiger partial charge in [-0.15, -0.1) is 12.4 Å². The minimum Gasteiger partial charge on any atom is -0.386 e. The first-order chi connectivity index (χ1) is 7.59. The number of likely N-dealkylation sites (N-methyl/N-ethyl adjacent to an activating group) is 1. The van der Waals surface area contributed by atoms with E-state index in [2.05, 4.69) is 0 Å². The van der Waals surface area contributed by atoms with Crippen molar-refractivity contribution < 1.29 is 14.2 Å². The second-order valence-corrected chi connectivity index (χ2v) is 3.95. The molecule has 1 rings (SSSR count). The summed E-state index contributed by atoms with van der Waals surface area (Å²) in [6.07, 6.45) is -0.766. The van der Waals surface area contributed by atoms with E-state index in [4.69, 9.17) is 4.74 Å². The van der Waals surface area contributed by atoms with E-state index < -0.39 is 6.10 Å². The summed E-state index contributed by atoms with van der Waals surface area (Å²) in [5.74, 6) is -0.343. The predicted molar refractivity (Wildman–Crippen MR) is 68.0 cm³/mol. The molecule has 3 nitrogen and oxygen atoms in total. The first-order valence-corrected chi connectivity index (χ1v) is 5.25. The highest BCUT2D eigenvalue weighted by Crippen LogP contribution is 2.13. The number of aliphatic hydroxyl groups is 1. The van der Waals surface area contributed by atoms with Crippen LogP contribution in [0.3, 0.4) is 0 Å². The molecule has 1 aromatic rings. The third kappa shape index (κ3) is 6.58. The Morgan fingerprint density at radius 2 is 2.12 bits per heavy atom. The van der Waals surface area contributed by atoms with E-state index in [1.54, 1.807) is 12.1 Å². The van der Waals surface area contributed by atoms with Gasteiger partial charge in [-0.2, -0.15) is 0 Å². The van der Waals surface area contributed by atoms with Crippen molar-refractivity contribution in [3.8, 4) is 0 Å². The van der Waals surface area contributed by atoms with E-state index in [1.165, 1.54) is 12.1 Å². The van der Waals surface area contributed by atoms with E-state index in [0.717, 1.165) is 6.54 Å². The molecule has 0 aliphatic carbocycles. The van der Waals surface area contributed by atoms with Gasteiger partial charge in [0.25, 0.3) is 0 Å². The Labute approximate surface area is 108 Å². The third-order valence-electron chi connectivity index (χ3n) is 2.19. The molecule has 0 aromatic heterocycles. The summed E-state index contributed by atoms with van der Waals surface area (Å²) in [6.45, 7) is 1.55. The average Bonchev–Trinajstić information content (AvgIpc) is 2.24. The van der Waals surface area contributed by atoms with E-state index in [0.29, 0.717) is 12.2 Å². The summed E-state index contributed by atoms with van der Waals surface area (Å²) in [5.41, 5.74) is 0.546. The molecular formula is C12H19ClFNO2. The van der Waals surface area contributed by atoms with Gasteiger partial charge in [-0.25, -0.2) is 4.39 Å². The van der Waals surface area contributed by atoms with Crippen molar-refractivity contribution in [3.63, 3.8) is 0 Å². The van der Waals surface area contributed by atoms with Crippen LogP contribution in [0.5, 0.6) is 0 Å². The molecule has 5 heteroatoms. The maximum absolute atomic E-state index is 12.9. The molecule has 1 unspecified atom stereocenters. The lowest BCUT2D eigenvalue weighted by molar-refractivity contribution is 0.0305. The summed E-state index contributed by atoms with van der Waals surface area (Å²) in [6, 6.07) is 5.93. The number of nitrogens with zero attached hydrogens (tertiary/aromatic N) is 1. The van der Waals surface area contributed by atoms with Crippen molar-refractivity contribution in [1.82, 2.24) is 4.90 Å². The molecular weight excluding hydrogens is 245 g/mol. The third-order valence-corrected chi connectivity index (χ3v) is 2.19. The second-order valence-electron chi connectivity index (χ2n) is 3.95. The zero-order chi connectivity index (χ0) is 12.0. The van der Waals surface area contributed by atoms with Crippen LogP contribution in [0, 0.1) is 5.82 Å². The van der Waals surface area contributed by atoms with E-state index in [9.17, 15) is 9.50 Å². The Hall–Kier alpha value is -0.680. The first-order valence-electron chi connectivity index (χ1n) is 5.25. The Balaban J connectivity index is 0.00000256. The Bertz CT molecular complexity index is 323. The molecule has 0 spiro atoms. The van der Waals surface area contributed by atoms with Gasteiger partial charge in [-0.3, -0.25) is 0 Å². The predicted octanol–water partition coefficient (Wildman–Crippen LogP) is 1.86. The van der Waals surface area contributed by atoms with Gasteiger partial charge in [-0.05, 0) is 31.8 Å². The quantitative estimate of drug-likeness (QED) is 0.796.